The molecule has 1 aromatic carbocycles. The fourth-order valence-electron chi connectivity index (χ4n) is 7.87. The Hall–Kier alpha value is -2.91. The molecule has 0 aromatic heterocycles. The van der Waals surface area contributed by atoms with Crippen LogP contribution in [0.2, 0.25) is 0 Å². The van der Waals surface area contributed by atoms with Crippen LogP contribution in [0.3, 0.4) is 0 Å². The van der Waals surface area contributed by atoms with E-state index in [1.54, 1.807) is 24.1 Å². The summed E-state index contributed by atoms with van der Waals surface area (Å²) in [6.45, 7) is 5.73. The van der Waals surface area contributed by atoms with Crippen molar-refractivity contribution in [2.45, 2.75) is 82.1 Å². The minimum Gasteiger partial charge on any atom is -0.497 e. The van der Waals surface area contributed by atoms with Crippen LogP contribution in [0.1, 0.15) is 58.3 Å². The number of nitrogens with zero attached hydrogens (tertiary/aromatic N) is 2. The van der Waals surface area contributed by atoms with Crippen LogP contribution in [-0.2, 0) is 19.1 Å². The van der Waals surface area contributed by atoms with E-state index in [4.69, 9.17) is 9.47 Å². The number of benzene rings is 1. The second kappa shape index (κ2) is 11.8. The molecule has 1 aromatic rings. The van der Waals surface area contributed by atoms with Gasteiger partial charge in [0.2, 0.25) is 17.7 Å². The zero-order chi connectivity index (χ0) is 28.6. The minimum absolute atomic E-state index is 0.0896. The van der Waals surface area contributed by atoms with Gasteiger partial charge < -0.3 is 29.9 Å². The van der Waals surface area contributed by atoms with Crippen LogP contribution >= 0.6 is 0 Å². The number of hydrogen-bond acceptors (Lipinski definition) is 6. The highest BCUT2D eigenvalue weighted by Gasteiger charge is 2.72. The van der Waals surface area contributed by atoms with Crippen molar-refractivity contribution in [2.75, 3.05) is 38.6 Å². The molecule has 5 aliphatic rings. The molecule has 2 N–H and O–H groups in total. The van der Waals surface area contributed by atoms with Gasteiger partial charge in [0.05, 0.1) is 25.0 Å². The summed E-state index contributed by atoms with van der Waals surface area (Å²) in [5, 5.41) is 6.30. The second-order valence-electron chi connectivity index (χ2n) is 12.6. The molecule has 9 heteroatoms. The first-order valence-corrected chi connectivity index (χ1v) is 15.6. The maximum atomic E-state index is 14.2. The van der Waals surface area contributed by atoms with Gasteiger partial charge in [0.15, 0.2) is 0 Å². The maximum Gasteiger partial charge on any atom is 0.246 e. The minimum atomic E-state index is -1.13. The zero-order valence-electron chi connectivity index (χ0n) is 24.3. The molecule has 5 unspecified atom stereocenters. The molecule has 4 fully saturated rings. The van der Waals surface area contributed by atoms with Crippen molar-refractivity contribution in [3.05, 3.63) is 36.4 Å². The summed E-state index contributed by atoms with van der Waals surface area (Å²) in [5.41, 5.74) is -0.537. The number of ether oxygens (including phenoxy) is 2. The summed E-state index contributed by atoms with van der Waals surface area (Å²) < 4.78 is 11.8. The summed E-state index contributed by atoms with van der Waals surface area (Å²) in [7, 11) is 1.58. The van der Waals surface area contributed by atoms with E-state index in [0.29, 0.717) is 23.9 Å². The van der Waals surface area contributed by atoms with E-state index in [1.807, 2.05) is 24.3 Å². The van der Waals surface area contributed by atoms with E-state index in [9.17, 15) is 14.4 Å². The predicted molar refractivity (Wildman–Crippen MR) is 155 cm³/mol. The summed E-state index contributed by atoms with van der Waals surface area (Å²) in [5.74, 6) is -1.01. The number of hydrogen-bond donors (Lipinski definition) is 2. The molecule has 4 heterocycles. The van der Waals surface area contributed by atoms with Crippen molar-refractivity contribution in [3.63, 3.8) is 0 Å². The van der Waals surface area contributed by atoms with E-state index in [-0.39, 0.29) is 23.8 Å². The maximum absolute atomic E-state index is 14.2. The van der Waals surface area contributed by atoms with Crippen LogP contribution in [0.4, 0.5) is 5.69 Å². The van der Waals surface area contributed by atoms with Gasteiger partial charge >= 0.3 is 0 Å². The van der Waals surface area contributed by atoms with Gasteiger partial charge in [0, 0.05) is 24.3 Å². The second-order valence-corrected chi connectivity index (χ2v) is 12.6. The van der Waals surface area contributed by atoms with E-state index >= 15 is 0 Å². The fourth-order valence-corrected chi connectivity index (χ4v) is 7.87. The monoisotopic (exact) mass is 564 g/mol. The van der Waals surface area contributed by atoms with Gasteiger partial charge in [-0.1, -0.05) is 44.4 Å². The topological polar surface area (TPSA) is 100 Å². The molecule has 2 bridgehead atoms. The molecule has 222 valence electrons. The van der Waals surface area contributed by atoms with Crippen LogP contribution in [0.25, 0.3) is 0 Å². The lowest BCUT2D eigenvalue weighted by Gasteiger charge is -2.36. The van der Waals surface area contributed by atoms with Crippen LogP contribution in [0.15, 0.2) is 36.4 Å². The molecule has 41 heavy (non-hydrogen) atoms. The first-order chi connectivity index (χ1) is 19.9. The Morgan fingerprint density at radius 3 is 2.66 bits per heavy atom. The molecule has 6 rings (SSSR count). The number of rotatable bonds is 9. The summed E-state index contributed by atoms with van der Waals surface area (Å²) in [6.07, 6.45) is 12.0. The average molecular weight is 565 g/mol. The summed E-state index contributed by atoms with van der Waals surface area (Å²) >= 11 is 0. The molecule has 4 aliphatic heterocycles. The number of methoxy groups -OCH3 is 1. The third-order valence-corrected chi connectivity index (χ3v) is 10.0. The van der Waals surface area contributed by atoms with Crippen molar-refractivity contribution >= 4 is 23.4 Å². The number of amides is 3. The smallest absolute Gasteiger partial charge is 0.246 e. The van der Waals surface area contributed by atoms with Gasteiger partial charge in [0.25, 0.3) is 0 Å². The Labute approximate surface area is 243 Å². The molecule has 1 saturated carbocycles. The molecule has 7 atom stereocenters. The van der Waals surface area contributed by atoms with Crippen LogP contribution in [0.5, 0.6) is 5.75 Å². The third kappa shape index (κ3) is 5.27. The van der Waals surface area contributed by atoms with Gasteiger partial charge in [-0.25, -0.2) is 0 Å². The first kappa shape index (κ1) is 28.2. The predicted octanol–water partition coefficient (Wildman–Crippen LogP) is 3.36. The number of piperidine rings is 1. The Morgan fingerprint density at radius 2 is 1.88 bits per heavy atom. The SMILES string of the molecule is COc1cccc(NC(=O)C2[C@H]3C=CC4(O3)C(C(=O)NC3CCCCC3C)N(CCCN3CCCCC3)C(=O)[C@@H]24)c1. The average Bonchev–Trinajstić information content (AvgIpc) is 3.62. The van der Waals surface area contributed by atoms with Crippen molar-refractivity contribution in [2.24, 2.45) is 17.8 Å². The quantitative estimate of drug-likeness (QED) is 0.447. The van der Waals surface area contributed by atoms with Gasteiger partial charge in [-0.2, -0.15) is 0 Å². The lowest BCUT2D eigenvalue weighted by molar-refractivity contribution is -0.141. The molecule has 1 spiro atoms. The molecule has 1 aliphatic carbocycles. The summed E-state index contributed by atoms with van der Waals surface area (Å²) in [6, 6.07) is 6.48. The first-order valence-electron chi connectivity index (χ1n) is 15.6. The van der Waals surface area contributed by atoms with E-state index in [1.165, 1.54) is 25.7 Å². The number of fused-ring (bicyclic) bond motifs is 1. The number of nitrogens with one attached hydrogen (secondary N) is 2. The Kier molecular flexibility index (Phi) is 8.10. The Morgan fingerprint density at radius 1 is 1.07 bits per heavy atom. The zero-order valence-corrected chi connectivity index (χ0v) is 24.3. The number of carbonyl (C=O) groups excluding carboxylic acids is 3. The standard InChI is InChI=1S/C32H44N4O5/c1-21-10-4-5-13-24(21)34-30(38)28-32-15-14-25(41-32)26(29(37)33-22-11-8-12-23(20-22)40-2)27(32)31(39)36(28)19-9-18-35-16-6-3-7-17-35/h8,11-12,14-15,20-21,24-28H,3-7,9-10,13,16-19H2,1-2H3,(H,33,37)(H,34,38)/t21?,24?,25-,26?,27-,28?,32?/m1/s1. The molecule has 9 nitrogen and oxygen atoms in total. The van der Waals surface area contributed by atoms with E-state index in [2.05, 4.69) is 22.5 Å². The number of carbonyl (C=O) groups is 3. The molecular weight excluding hydrogens is 520 g/mol. The van der Waals surface area contributed by atoms with Crippen molar-refractivity contribution < 1.29 is 23.9 Å². The Balaban J connectivity index is 1.24. The van der Waals surface area contributed by atoms with Gasteiger partial charge in [0.1, 0.15) is 17.4 Å². The van der Waals surface area contributed by atoms with Crippen LogP contribution in [0, 0.1) is 17.8 Å². The van der Waals surface area contributed by atoms with Crippen molar-refractivity contribution in [3.8, 4) is 5.75 Å². The van der Waals surface area contributed by atoms with Gasteiger partial charge in [-0.15, -0.1) is 0 Å². The largest absolute Gasteiger partial charge is 0.497 e. The number of anilines is 1. The molecule has 3 amide bonds. The van der Waals surface area contributed by atoms with Gasteiger partial charge in [-0.05, 0) is 69.8 Å². The van der Waals surface area contributed by atoms with Crippen LogP contribution < -0.4 is 15.4 Å². The van der Waals surface area contributed by atoms with E-state index in [0.717, 1.165) is 45.3 Å². The number of likely N-dealkylation sites (tertiary alicyclic amines) is 2. The molecule has 0 radical (unpaired) electrons. The lowest BCUT2D eigenvalue weighted by Crippen LogP contribution is -2.57. The normalized spacial score (nSPS) is 34.5. The highest BCUT2D eigenvalue weighted by molar-refractivity contribution is 6.02. The molecular formula is C32H44N4O5. The Bertz CT molecular complexity index is 1180. The van der Waals surface area contributed by atoms with Crippen LogP contribution in [-0.4, -0.2) is 84.6 Å². The summed E-state index contributed by atoms with van der Waals surface area (Å²) in [4.78, 5) is 46.2. The highest BCUT2D eigenvalue weighted by Crippen LogP contribution is 2.55. The lowest BCUT2D eigenvalue weighted by atomic mass is 9.74. The molecule has 3 saturated heterocycles. The fraction of sp³-hybridized carbons (Fsp3) is 0.656. The van der Waals surface area contributed by atoms with Crippen molar-refractivity contribution in [1.29, 1.82) is 0 Å². The highest BCUT2D eigenvalue weighted by atomic mass is 16.5. The van der Waals surface area contributed by atoms with E-state index < -0.39 is 29.6 Å². The van der Waals surface area contributed by atoms with Crippen molar-refractivity contribution in [1.82, 2.24) is 15.1 Å². The van der Waals surface area contributed by atoms with Gasteiger partial charge in [-0.3, -0.25) is 14.4 Å². The third-order valence-electron chi connectivity index (χ3n) is 10.0.